The van der Waals surface area contributed by atoms with Gasteiger partial charge >= 0.3 is 0 Å². The number of para-hydroxylation sites is 2. The van der Waals surface area contributed by atoms with Crippen molar-refractivity contribution in [1.29, 1.82) is 0 Å². The van der Waals surface area contributed by atoms with Gasteiger partial charge in [-0.2, -0.15) is 0 Å². The molecule has 2 N–H and O–H groups in total. The van der Waals surface area contributed by atoms with Gasteiger partial charge in [-0.3, -0.25) is 29.8 Å². The first-order valence-electron chi connectivity index (χ1n) is 11.6. The molecule has 0 bridgehead atoms. The summed E-state index contributed by atoms with van der Waals surface area (Å²) >= 11 is 12.2. The Labute approximate surface area is 227 Å². The largest absolute Gasteiger partial charge is 0.295 e. The van der Waals surface area contributed by atoms with E-state index in [1.54, 1.807) is 74.5 Å². The number of aliphatic imine (C=N–C) groups is 2. The molecule has 0 radical (unpaired) electrons. The minimum absolute atomic E-state index is 0.251. The first-order chi connectivity index (χ1) is 18.3. The lowest BCUT2D eigenvalue weighted by Crippen LogP contribution is -2.17. The topological polar surface area (TPSA) is 100 Å². The van der Waals surface area contributed by atoms with Crippen LogP contribution in [0.1, 0.15) is 22.5 Å². The van der Waals surface area contributed by atoms with E-state index in [4.69, 9.17) is 23.2 Å². The number of aryl methyl sites for hydroxylation is 2. The van der Waals surface area contributed by atoms with Crippen LogP contribution in [0.5, 0.6) is 0 Å². The van der Waals surface area contributed by atoms with Gasteiger partial charge in [-0.15, -0.1) is 0 Å². The number of nitrogens with one attached hydrogen (secondary N) is 2. The predicted octanol–water partition coefficient (Wildman–Crippen LogP) is 6.07. The fraction of sp³-hybridized carbons (Fsp3) is 0.0714. The van der Waals surface area contributed by atoms with Crippen molar-refractivity contribution in [2.75, 3.05) is 0 Å². The standard InChI is InChI=1S/C28H22Cl2N6O2/c1-17-23(27(37)35(33-17)21-9-5-7-19(29)13-21)15-31-25-11-3-4-12-26(25)32-16-24-18(2)34-36(28(24)38)22-10-6-8-20(30)14-22/h3-16,33-34H,1-2H3. The van der Waals surface area contributed by atoms with Gasteiger partial charge in [-0.05, 0) is 62.4 Å². The Morgan fingerprint density at radius 2 is 1.08 bits per heavy atom. The molecule has 0 aliphatic heterocycles. The fourth-order valence-corrected chi connectivity index (χ4v) is 4.34. The Bertz CT molecular complexity index is 1690. The lowest BCUT2D eigenvalue weighted by molar-refractivity contribution is 0.835. The number of H-pyrrole nitrogens is 2. The smallest absolute Gasteiger partial charge is 0.280 e. The third-order valence-corrected chi connectivity index (χ3v) is 6.38. The molecule has 0 atom stereocenters. The molecule has 0 saturated heterocycles. The van der Waals surface area contributed by atoms with Crippen molar-refractivity contribution in [2.45, 2.75) is 13.8 Å². The molecular weight excluding hydrogens is 523 g/mol. The second-order valence-electron chi connectivity index (χ2n) is 8.55. The van der Waals surface area contributed by atoms with E-state index in [-0.39, 0.29) is 11.1 Å². The Hall–Kier alpha value is -4.40. The minimum Gasteiger partial charge on any atom is -0.295 e. The predicted molar refractivity (Wildman–Crippen MR) is 153 cm³/mol. The van der Waals surface area contributed by atoms with E-state index in [9.17, 15) is 9.59 Å². The van der Waals surface area contributed by atoms with Crippen molar-refractivity contribution in [1.82, 2.24) is 19.6 Å². The quantitative estimate of drug-likeness (QED) is 0.253. The van der Waals surface area contributed by atoms with E-state index in [1.807, 2.05) is 12.1 Å². The molecule has 190 valence electrons. The van der Waals surface area contributed by atoms with Crippen LogP contribution >= 0.6 is 23.2 Å². The highest BCUT2D eigenvalue weighted by molar-refractivity contribution is 6.31. The summed E-state index contributed by atoms with van der Waals surface area (Å²) in [5.41, 5.74) is 3.97. The van der Waals surface area contributed by atoms with Gasteiger partial charge in [0.05, 0.1) is 33.9 Å². The van der Waals surface area contributed by atoms with Crippen molar-refractivity contribution < 1.29 is 0 Å². The highest BCUT2D eigenvalue weighted by atomic mass is 35.5. The summed E-state index contributed by atoms with van der Waals surface area (Å²) in [5, 5.41) is 7.18. The van der Waals surface area contributed by atoms with Crippen molar-refractivity contribution in [3.63, 3.8) is 0 Å². The van der Waals surface area contributed by atoms with Crippen LogP contribution in [0, 0.1) is 13.8 Å². The summed E-state index contributed by atoms with van der Waals surface area (Å²) in [6.07, 6.45) is 3.02. The van der Waals surface area contributed by atoms with E-state index >= 15 is 0 Å². The van der Waals surface area contributed by atoms with Crippen LogP contribution in [0.2, 0.25) is 10.0 Å². The van der Waals surface area contributed by atoms with Crippen molar-refractivity contribution in [3.05, 3.63) is 126 Å². The highest BCUT2D eigenvalue weighted by Gasteiger charge is 2.13. The first-order valence-corrected chi connectivity index (χ1v) is 12.4. The maximum atomic E-state index is 13.1. The third-order valence-electron chi connectivity index (χ3n) is 5.91. The zero-order valence-electron chi connectivity index (χ0n) is 20.4. The summed E-state index contributed by atoms with van der Waals surface area (Å²) in [7, 11) is 0. The number of halogens is 2. The molecule has 2 heterocycles. The van der Waals surface area contributed by atoms with E-state index in [2.05, 4.69) is 20.2 Å². The van der Waals surface area contributed by atoms with Crippen LogP contribution in [-0.4, -0.2) is 32.0 Å². The van der Waals surface area contributed by atoms with Gasteiger partial charge in [-0.25, -0.2) is 9.36 Å². The number of rotatable bonds is 6. The van der Waals surface area contributed by atoms with Gasteiger partial charge in [0.1, 0.15) is 0 Å². The molecule has 0 amide bonds. The molecule has 38 heavy (non-hydrogen) atoms. The number of aromatic amines is 2. The SMILES string of the molecule is Cc1[nH]n(-c2cccc(Cl)c2)c(=O)c1C=Nc1ccccc1N=Cc1c(C)[nH]n(-c2cccc(Cl)c2)c1=O. The summed E-state index contributed by atoms with van der Waals surface area (Å²) in [4.78, 5) is 35.2. The molecule has 0 aliphatic carbocycles. The van der Waals surface area contributed by atoms with Crippen molar-refractivity contribution >= 4 is 47.0 Å². The molecule has 0 fully saturated rings. The summed E-state index contributed by atoms with van der Waals surface area (Å²) in [5.74, 6) is 0. The summed E-state index contributed by atoms with van der Waals surface area (Å²) in [6.45, 7) is 3.60. The molecule has 10 heteroatoms. The second kappa shape index (κ2) is 10.5. The van der Waals surface area contributed by atoms with Gasteiger partial charge in [0.15, 0.2) is 0 Å². The molecule has 5 aromatic rings. The molecule has 0 spiro atoms. The number of hydrogen-bond acceptors (Lipinski definition) is 4. The van der Waals surface area contributed by atoms with Crippen LogP contribution in [0.4, 0.5) is 11.4 Å². The Morgan fingerprint density at radius 3 is 1.47 bits per heavy atom. The van der Waals surface area contributed by atoms with Gasteiger partial charge in [0.25, 0.3) is 11.1 Å². The maximum Gasteiger partial charge on any atom is 0.280 e. The van der Waals surface area contributed by atoms with Gasteiger partial charge in [0, 0.05) is 33.9 Å². The third kappa shape index (κ3) is 5.04. The average molecular weight is 545 g/mol. The zero-order chi connectivity index (χ0) is 26.8. The lowest BCUT2D eigenvalue weighted by atomic mass is 10.2. The zero-order valence-corrected chi connectivity index (χ0v) is 22.0. The molecule has 0 unspecified atom stereocenters. The number of benzene rings is 3. The van der Waals surface area contributed by atoms with Crippen LogP contribution in [0.25, 0.3) is 11.4 Å². The average Bonchev–Trinajstić information content (AvgIpc) is 3.35. The number of hydrogen-bond donors (Lipinski definition) is 2. The van der Waals surface area contributed by atoms with E-state index < -0.39 is 0 Å². The lowest BCUT2D eigenvalue weighted by Gasteiger charge is -2.01. The van der Waals surface area contributed by atoms with Crippen LogP contribution in [0.15, 0.2) is 92.4 Å². The summed E-state index contributed by atoms with van der Waals surface area (Å²) < 4.78 is 2.85. The molecule has 3 aromatic carbocycles. The molecule has 0 saturated carbocycles. The Morgan fingerprint density at radius 1 is 0.658 bits per heavy atom. The van der Waals surface area contributed by atoms with Crippen LogP contribution < -0.4 is 11.1 Å². The minimum atomic E-state index is -0.251. The Kier molecular flexibility index (Phi) is 7.00. The van der Waals surface area contributed by atoms with Gasteiger partial charge in [-0.1, -0.05) is 47.5 Å². The molecule has 8 nitrogen and oxygen atoms in total. The van der Waals surface area contributed by atoms with Gasteiger partial charge in [0.2, 0.25) is 0 Å². The van der Waals surface area contributed by atoms with Crippen molar-refractivity contribution in [3.8, 4) is 11.4 Å². The first kappa shape index (κ1) is 25.3. The Balaban J connectivity index is 1.46. The number of aromatic nitrogens is 4. The molecule has 0 aliphatic rings. The van der Waals surface area contributed by atoms with Crippen LogP contribution in [-0.2, 0) is 0 Å². The molecule has 5 rings (SSSR count). The van der Waals surface area contributed by atoms with E-state index in [0.717, 1.165) is 0 Å². The molecule has 2 aromatic heterocycles. The van der Waals surface area contributed by atoms with E-state index in [0.29, 0.717) is 55.3 Å². The monoisotopic (exact) mass is 544 g/mol. The highest BCUT2D eigenvalue weighted by Crippen LogP contribution is 2.27. The molecular formula is C28H22Cl2N6O2. The fourth-order valence-electron chi connectivity index (χ4n) is 3.97. The maximum absolute atomic E-state index is 13.1. The van der Waals surface area contributed by atoms with Gasteiger partial charge < -0.3 is 0 Å². The normalized spacial score (nSPS) is 11.7. The van der Waals surface area contributed by atoms with E-state index in [1.165, 1.54) is 21.8 Å². The van der Waals surface area contributed by atoms with Crippen molar-refractivity contribution in [2.24, 2.45) is 9.98 Å². The second-order valence-corrected chi connectivity index (χ2v) is 9.42. The number of nitrogens with zero attached hydrogens (tertiary/aromatic N) is 4. The van der Waals surface area contributed by atoms with Crippen LogP contribution in [0.3, 0.4) is 0 Å². The summed E-state index contributed by atoms with van der Waals surface area (Å²) in [6, 6.07) is 21.2.